The summed E-state index contributed by atoms with van der Waals surface area (Å²) in [7, 11) is 1.60. The number of aromatic hydroxyl groups is 1. The minimum Gasteiger partial charge on any atom is -0.507 e. The van der Waals surface area contributed by atoms with Gasteiger partial charge in [0, 0.05) is 12.6 Å². The van der Waals surface area contributed by atoms with E-state index in [1.54, 1.807) is 25.2 Å². The van der Waals surface area contributed by atoms with Crippen molar-refractivity contribution in [3.05, 3.63) is 65.7 Å². The van der Waals surface area contributed by atoms with Crippen LogP contribution in [0.4, 0.5) is 0 Å². The molecule has 0 spiro atoms. The summed E-state index contributed by atoms with van der Waals surface area (Å²) in [5, 5.41) is 13.9. The highest BCUT2D eigenvalue weighted by atomic mass is 16.3. The standard InChI is InChI=1S/C19H15NO3/c1-20-19(23)13-4-2-12(3-5-13)14-6-8-16-15(10-14)7-9-18(22)17(16)11-21/h2-11,22H,1H3,(H,20,23). The summed E-state index contributed by atoms with van der Waals surface area (Å²) in [6, 6.07) is 16.3. The summed E-state index contributed by atoms with van der Waals surface area (Å²) in [6.07, 6.45) is 0.662. The van der Waals surface area contributed by atoms with Crippen LogP contribution >= 0.6 is 0 Å². The number of rotatable bonds is 3. The van der Waals surface area contributed by atoms with Gasteiger partial charge in [-0.15, -0.1) is 0 Å². The van der Waals surface area contributed by atoms with Gasteiger partial charge in [0.2, 0.25) is 0 Å². The van der Waals surface area contributed by atoms with Gasteiger partial charge in [0.25, 0.3) is 5.91 Å². The van der Waals surface area contributed by atoms with E-state index in [1.807, 2.05) is 30.3 Å². The average molecular weight is 305 g/mol. The Labute approximate surface area is 133 Å². The van der Waals surface area contributed by atoms with Crippen LogP contribution in [0.5, 0.6) is 5.75 Å². The van der Waals surface area contributed by atoms with Crippen molar-refractivity contribution >= 4 is 23.0 Å². The van der Waals surface area contributed by atoms with Gasteiger partial charge >= 0.3 is 0 Å². The normalized spacial score (nSPS) is 10.5. The Kier molecular flexibility index (Phi) is 3.81. The summed E-state index contributed by atoms with van der Waals surface area (Å²) < 4.78 is 0. The molecular weight excluding hydrogens is 290 g/mol. The second-order valence-corrected chi connectivity index (χ2v) is 5.21. The number of hydrogen-bond acceptors (Lipinski definition) is 3. The maximum atomic E-state index is 11.6. The molecule has 0 aliphatic heterocycles. The molecule has 0 saturated carbocycles. The molecule has 0 saturated heterocycles. The lowest BCUT2D eigenvalue weighted by molar-refractivity contribution is 0.0962. The molecule has 3 rings (SSSR count). The van der Waals surface area contributed by atoms with E-state index < -0.39 is 0 Å². The van der Waals surface area contributed by atoms with Crippen molar-refractivity contribution in [2.45, 2.75) is 0 Å². The van der Waals surface area contributed by atoms with E-state index in [2.05, 4.69) is 5.32 Å². The zero-order chi connectivity index (χ0) is 16.4. The van der Waals surface area contributed by atoms with E-state index in [4.69, 9.17) is 0 Å². The fourth-order valence-electron chi connectivity index (χ4n) is 2.60. The number of hydrogen-bond donors (Lipinski definition) is 2. The molecule has 1 amide bonds. The highest BCUT2D eigenvalue weighted by Gasteiger charge is 2.08. The van der Waals surface area contributed by atoms with Crippen molar-refractivity contribution in [3.63, 3.8) is 0 Å². The maximum absolute atomic E-state index is 11.6. The fourth-order valence-corrected chi connectivity index (χ4v) is 2.60. The lowest BCUT2D eigenvalue weighted by Gasteiger charge is -2.08. The molecule has 0 aliphatic carbocycles. The first-order valence-corrected chi connectivity index (χ1v) is 7.17. The summed E-state index contributed by atoms with van der Waals surface area (Å²) in [4.78, 5) is 22.7. The molecule has 0 bridgehead atoms. The molecule has 0 aliphatic rings. The number of phenols is 1. The Balaban J connectivity index is 2.05. The maximum Gasteiger partial charge on any atom is 0.251 e. The molecule has 0 atom stereocenters. The number of nitrogens with one attached hydrogen (secondary N) is 1. The van der Waals surface area contributed by atoms with Crippen molar-refractivity contribution in [1.82, 2.24) is 5.32 Å². The molecule has 2 N–H and O–H groups in total. The first kappa shape index (κ1) is 14.8. The van der Waals surface area contributed by atoms with Gasteiger partial charge in [-0.05, 0) is 46.2 Å². The topological polar surface area (TPSA) is 66.4 Å². The minimum atomic E-state index is -0.124. The van der Waals surface area contributed by atoms with E-state index >= 15 is 0 Å². The second kappa shape index (κ2) is 5.93. The van der Waals surface area contributed by atoms with E-state index in [-0.39, 0.29) is 11.7 Å². The quantitative estimate of drug-likeness (QED) is 0.729. The van der Waals surface area contributed by atoms with Crippen LogP contribution in [0.3, 0.4) is 0 Å². The van der Waals surface area contributed by atoms with Crippen LogP contribution in [0.1, 0.15) is 20.7 Å². The molecule has 0 fully saturated rings. The van der Waals surface area contributed by atoms with Gasteiger partial charge in [0.15, 0.2) is 6.29 Å². The molecule has 3 aromatic rings. The van der Waals surface area contributed by atoms with Crippen LogP contribution in [-0.4, -0.2) is 24.3 Å². The molecule has 3 aromatic carbocycles. The van der Waals surface area contributed by atoms with E-state index in [0.717, 1.165) is 16.5 Å². The van der Waals surface area contributed by atoms with Crippen LogP contribution < -0.4 is 5.32 Å². The van der Waals surface area contributed by atoms with Crippen LogP contribution in [0, 0.1) is 0 Å². The molecule has 4 nitrogen and oxygen atoms in total. The Morgan fingerprint density at radius 1 is 1.00 bits per heavy atom. The predicted molar refractivity (Wildman–Crippen MR) is 89.8 cm³/mol. The Bertz CT molecular complexity index is 898. The van der Waals surface area contributed by atoms with Crippen LogP contribution in [0.15, 0.2) is 54.6 Å². The molecule has 0 radical (unpaired) electrons. The summed E-state index contributed by atoms with van der Waals surface area (Å²) in [5.41, 5.74) is 2.85. The number of carbonyl (C=O) groups is 2. The summed E-state index contributed by atoms with van der Waals surface area (Å²) in [6.45, 7) is 0. The second-order valence-electron chi connectivity index (χ2n) is 5.21. The third kappa shape index (κ3) is 2.66. The zero-order valence-corrected chi connectivity index (χ0v) is 12.5. The predicted octanol–water partition coefficient (Wildman–Crippen LogP) is 3.38. The van der Waals surface area contributed by atoms with E-state index in [1.165, 1.54) is 6.07 Å². The summed E-state index contributed by atoms with van der Waals surface area (Å²) >= 11 is 0. The Morgan fingerprint density at radius 2 is 1.70 bits per heavy atom. The number of benzene rings is 3. The number of aldehydes is 1. The van der Waals surface area contributed by atoms with Gasteiger partial charge in [-0.3, -0.25) is 9.59 Å². The Morgan fingerprint density at radius 3 is 2.35 bits per heavy atom. The van der Waals surface area contributed by atoms with E-state index in [9.17, 15) is 14.7 Å². The third-order valence-electron chi connectivity index (χ3n) is 3.86. The lowest BCUT2D eigenvalue weighted by Crippen LogP contribution is -2.17. The van der Waals surface area contributed by atoms with Gasteiger partial charge in [0.1, 0.15) is 5.75 Å². The molecule has 0 unspecified atom stereocenters. The highest BCUT2D eigenvalue weighted by molar-refractivity contribution is 6.02. The Hall–Kier alpha value is -3.14. The molecular formula is C19H15NO3. The molecule has 4 heteroatoms. The van der Waals surface area contributed by atoms with Crippen LogP contribution in [-0.2, 0) is 0 Å². The van der Waals surface area contributed by atoms with Crippen molar-refractivity contribution in [2.24, 2.45) is 0 Å². The molecule has 114 valence electrons. The van der Waals surface area contributed by atoms with Gasteiger partial charge in [0.05, 0.1) is 5.56 Å². The van der Waals surface area contributed by atoms with Gasteiger partial charge in [-0.2, -0.15) is 0 Å². The zero-order valence-electron chi connectivity index (χ0n) is 12.5. The SMILES string of the molecule is CNC(=O)c1ccc(-c2ccc3c(C=O)c(O)ccc3c2)cc1. The summed E-state index contributed by atoms with van der Waals surface area (Å²) in [5.74, 6) is -0.142. The molecule has 0 heterocycles. The van der Waals surface area contributed by atoms with Crippen LogP contribution in [0.25, 0.3) is 21.9 Å². The minimum absolute atomic E-state index is 0.0184. The number of fused-ring (bicyclic) bond motifs is 1. The molecule has 0 aromatic heterocycles. The molecule has 23 heavy (non-hydrogen) atoms. The van der Waals surface area contributed by atoms with Gasteiger partial charge in [-0.1, -0.05) is 30.3 Å². The average Bonchev–Trinajstić information content (AvgIpc) is 2.60. The largest absolute Gasteiger partial charge is 0.507 e. The number of phenolic OH excluding ortho intramolecular Hbond substituents is 1. The van der Waals surface area contributed by atoms with E-state index in [0.29, 0.717) is 22.8 Å². The first-order chi connectivity index (χ1) is 11.1. The van der Waals surface area contributed by atoms with Crippen LogP contribution in [0.2, 0.25) is 0 Å². The first-order valence-electron chi connectivity index (χ1n) is 7.17. The van der Waals surface area contributed by atoms with Crippen molar-refractivity contribution in [3.8, 4) is 16.9 Å². The van der Waals surface area contributed by atoms with Gasteiger partial charge in [-0.25, -0.2) is 0 Å². The van der Waals surface area contributed by atoms with Gasteiger partial charge < -0.3 is 10.4 Å². The highest BCUT2D eigenvalue weighted by Crippen LogP contribution is 2.30. The van der Waals surface area contributed by atoms with Crippen molar-refractivity contribution < 1.29 is 14.7 Å². The lowest BCUT2D eigenvalue weighted by atomic mass is 9.98. The monoisotopic (exact) mass is 305 g/mol. The fraction of sp³-hybridized carbons (Fsp3) is 0.0526. The van der Waals surface area contributed by atoms with Crippen molar-refractivity contribution in [1.29, 1.82) is 0 Å². The van der Waals surface area contributed by atoms with Crippen molar-refractivity contribution in [2.75, 3.05) is 7.05 Å². The number of amides is 1. The number of carbonyl (C=O) groups excluding carboxylic acids is 2. The smallest absolute Gasteiger partial charge is 0.251 e. The third-order valence-corrected chi connectivity index (χ3v) is 3.86.